The van der Waals surface area contributed by atoms with E-state index < -0.39 is 36.0 Å². The number of ether oxygens (including phenoxy) is 14. The molecule has 0 aliphatic carbocycles. The number of rotatable bonds is 49. The van der Waals surface area contributed by atoms with Gasteiger partial charge in [-0.25, -0.2) is 9.59 Å². The van der Waals surface area contributed by atoms with Gasteiger partial charge in [0, 0.05) is 24.2 Å². The van der Waals surface area contributed by atoms with Crippen molar-refractivity contribution < 1.29 is 95.7 Å². The third kappa shape index (κ3) is 91.1. The number of carbonyl (C=O) groups is 4. The molecule has 0 saturated heterocycles. The van der Waals surface area contributed by atoms with Crippen molar-refractivity contribution in [3.05, 3.63) is 101 Å². The van der Waals surface area contributed by atoms with Crippen LogP contribution in [0.2, 0.25) is 0 Å². The predicted molar refractivity (Wildman–Crippen MR) is 331 cm³/mol. The first-order valence-electron chi connectivity index (χ1n) is 22.7. The topological polar surface area (TPSA) is 298 Å². The van der Waals surface area contributed by atoms with Gasteiger partial charge in [-0.15, -0.1) is 0 Å². The summed E-state index contributed by atoms with van der Waals surface area (Å²) in [6.45, 7) is 40.3. The smallest absolute Gasteiger partial charge is 0.333 e. The maximum Gasteiger partial charge on any atom is 0.333 e. The molecule has 0 spiro atoms. The number of aliphatic hydroxyl groups excluding tert-OH is 2. The minimum absolute atomic E-state index is 0. The van der Waals surface area contributed by atoms with E-state index in [0.717, 1.165) is 18.8 Å². The highest BCUT2D eigenvalue weighted by molar-refractivity contribution is 5.90. The fraction of sp³-hybridized carbons (Fsp3) is 0.649. The molecule has 0 aromatic heterocycles. The van der Waals surface area contributed by atoms with Gasteiger partial charge in [0.2, 0.25) is 5.91 Å². The van der Waals surface area contributed by atoms with Gasteiger partial charge in [0.25, 0.3) is 0 Å². The van der Waals surface area contributed by atoms with Crippen molar-refractivity contribution in [2.75, 3.05) is 140 Å². The fourth-order valence-corrected chi connectivity index (χ4v) is 3.78. The molecule has 0 aromatic carbocycles. The highest BCUT2D eigenvalue weighted by Gasteiger charge is 2.19. The fourth-order valence-electron chi connectivity index (χ4n) is 3.78. The first-order chi connectivity index (χ1) is 35.2. The molecule has 0 radical (unpaired) electrons. The lowest BCUT2D eigenvalue weighted by atomic mass is 10.1. The normalized spacial score (nSPS) is 9.68. The third-order valence-corrected chi connectivity index (χ3v) is 7.26. The number of ketones is 1. The molecule has 0 bridgehead atoms. The van der Waals surface area contributed by atoms with Crippen molar-refractivity contribution in [2.24, 2.45) is 0 Å². The summed E-state index contributed by atoms with van der Waals surface area (Å²) >= 11 is 0. The van der Waals surface area contributed by atoms with E-state index >= 15 is 0 Å². The van der Waals surface area contributed by atoms with Crippen LogP contribution >= 0.6 is 0 Å². The number of carbonyl (C=O) groups excluding carboxylic acids is 4. The number of aliphatic hydroxyl groups is 2. The molecule has 25 nitrogen and oxygen atoms in total. The van der Waals surface area contributed by atoms with Crippen LogP contribution in [0.15, 0.2) is 101 Å². The SMILES string of the molecule is C.C.C.C.C.C.C.C.C.C=C(C)C(=O)OCCOC(=O)C(=C)C.C=CC(=O)CC(O)C(O)NC(=O)C=C.C=COCNCOCCOCC.C=COCNCOCCOCC(COCCOCNCOC=C)OCCOCNCOC=C. The zero-order chi connectivity index (χ0) is 55.4. The van der Waals surface area contributed by atoms with Gasteiger partial charge in [-0.05, 0) is 32.9 Å². The van der Waals surface area contributed by atoms with Gasteiger partial charge in [0.15, 0.2) is 12.0 Å². The van der Waals surface area contributed by atoms with E-state index in [0.29, 0.717) is 131 Å². The van der Waals surface area contributed by atoms with E-state index in [-0.39, 0.29) is 92.6 Å². The van der Waals surface area contributed by atoms with Crippen LogP contribution < -0.4 is 26.6 Å². The lowest BCUT2D eigenvalue weighted by Gasteiger charge is -2.18. The van der Waals surface area contributed by atoms with Crippen molar-refractivity contribution in [3.8, 4) is 0 Å². The molecular weight excluding hydrogens is 1070 g/mol. The zero-order valence-corrected chi connectivity index (χ0v) is 43.2. The average Bonchev–Trinajstić information content (AvgIpc) is 3.38. The molecule has 0 heterocycles. The molecule has 2 atom stereocenters. The summed E-state index contributed by atoms with van der Waals surface area (Å²) in [7, 11) is 0. The zero-order valence-electron chi connectivity index (χ0n) is 43.2. The second-order valence-corrected chi connectivity index (χ2v) is 13.4. The largest absolute Gasteiger partial charge is 0.487 e. The van der Waals surface area contributed by atoms with Gasteiger partial charge >= 0.3 is 11.9 Å². The first kappa shape index (κ1) is 108. The second-order valence-electron chi connectivity index (χ2n) is 13.4. The number of amides is 1. The molecule has 1 amide bonds. The van der Waals surface area contributed by atoms with Crippen molar-refractivity contribution in [2.45, 2.75) is 112 Å². The van der Waals surface area contributed by atoms with Gasteiger partial charge in [-0.1, -0.05) is 119 Å². The van der Waals surface area contributed by atoms with Crippen molar-refractivity contribution in [3.63, 3.8) is 0 Å². The summed E-state index contributed by atoms with van der Waals surface area (Å²) in [4.78, 5) is 43.1. The van der Waals surface area contributed by atoms with Crippen LogP contribution in [0.25, 0.3) is 0 Å². The first-order valence-corrected chi connectivity index (χ1v) is 22.7. The molecule has 0 aliphatic rings. The van der Waals surface area contributed by atoms with Crippen LogP contribution in [-0.4, -0.2) is 192 Å². The van der Waals surface area contributed by atoms with E-state index in [1.165, 1.54) is 25.0 Å². The van der Waals surface area contributed by atoms with Gasteiger partial charge in [-0.2, -0.15) is 0 Å². The Labute approximate surface area is 497 Å². The Kier molecular flexibility index (Phi) is 118. The number of hydrogen-bond acceptors (Lipinski definition) is 24. The Bertz CT molecular complexity index is 1370. The predicted octanol–water partition coefficient (Wildman–Crippen LogP) is 7.22. The molecule has 0 aliphatic heterocycles. The summed E-state index contributed by atoms with van der Waals surface area (Å²) < 4.78 is 72.4. The lowest BCUT2D eigenvalue weighted by molar-refractivity contribution is -0.147. The number of hydrogen-bond donors (Lipinski definition) is 7. The molecular formula is C57H121N5O20. The summed E-state index contributed by atoms with van der Waals surface area (Å²) in [5.41, 5.74) is 0.632. The van der Waals surface area contributed by atoms with Crippen LogP contribution in [0.4, 0.5) is 0 Å². The van der Waals surface area contributed by atoms with E-state index in [9.17, 15) is 24.3 Å². The van der Waals surface area contributed by atoms with Crippen LogP contribution in [0.1, 0.15) is 94.0 Å². The van der Waals surface area contributed by atoms with Crippen molar-refractivity contribution >= 4 is 23.6 Å². The number of allylic oxidation sites excluding steroid dienone is 1. The maximum absolute atomic E-state index is 10.8. The Morgan fingerprint density at radius 1 is 0.451 bits per heavy atom. The molecule has 25 heteroatoms. The van der Waals surface area contributed by atoms with E-state index in [1.807, 2.05) is 12.2 Å². The van der Waals surface area contributed by atoms with E-state index in [4.69, 9.17) is 61.9 Å². The van der Waals surface area contributed by atoms with E-state index in [1.54, 1.807) is 13.8 Å². The molecule has 494 valence electrons. The van der Waals surface area contributed by atoms with Crippen molar-refractivity contribution in [1.82, 2.24) is 26.6 Å². The Balaban J connectivity index is -0.0000000748. The molecule has 0 aromatic rings. The number of nitrogens with one attached hydrogen (secondary N) is 5. The quantitative estimate of drug-likeness (QED) is 0.0104. The third-order valence-electron chi connectivity index (χ3n) is 7.26. The molecule has 2 unspecified atom stereocenters. The molecule has 0 rings (SSSR count). The highest BCUT2D eigenvalue weighted by atomic mass is 16.6. The summed E-state index contributed by atoms with van der Waals surface area (Å²) in [6.07, 6.45) is 4.08. The minimum atomic E-state index is -1.48. The van der Waals surface area contributed by atoms with Crippen LogP contribution in [0, 0.1) is 0 Å². The lowest BCUT2D eigenvalue weighted by Crippen LogP contribution is -2.43. The highest BCUT2D eigenvalue weighted by Crippen LogP contribution is 1.99. The number of esters is 2. The Morgan fingerprint density at radius 3 is 1.06 bits per heavy atom. The summed E-state index contributed by atoms with van der Waals surface area (Å²) in [6, 6.07) is 0. The van der Waals surface area contributed by atoms with Crippen LogP contribution in [0.5, 0.6) is 0 Å². The van der Waals surface area contributed by atoms with Gasteiger partial charge in [0.1, 0.15) is 52.3 Å². The van der Waals surface area contributed by atoms with Crippen molar-refractivity contribution in [1.29, 1.82) is 0 Å². The Hall–Kier alpha value is -5.36. The minimum Gasteiger partial charge on any atom is -0.487 e. The van der Waals surface area contributed by atoms with Gasteiger partial charge < -0.3 is 81.8 Å². The van der Waals surface area contributed by atoms with Gasteiger partial charge in [0.05, 0.1) is 118 Å². The standard InChI is InChI=1S/C21H41N3O9.C10H14O4.C9H13NO4.C8H17NO3.9CH4/c1-4-25-15-22-18-30-9-7-28-13-21(33-12-11-32-20-24-17-27-6-3)14-29-8-10-31-19-23-16-26-5-2;1-7(2)9(11)13-5-6-14-10(12)8(3)4;1-3-6(11)5-7(12)9(14)10-8(13)4-2;1-3-10-5-6-12-8-9-7-11-4-2;;;;;;;;;/h4-6,21-24H,1-3,7-20H2;1,3,5-6H2,2,4H3;3-4,7,9,12,14H,1-2,5H2,(H,10,13);4,9H,2-3,5-8H2,1H3;9*1H4. The van der Waals surface area contributed by atoms with Crippen LogP contribution in [-0.2, 0) is 85.5 Å². The van der Waals surface area contributed by atoms with Crippen LogP contribution in [0.3, 0.4) is 0 Å². The van der Waals surface area contributed by atoms with E-state index in [2.05, 4.69) is 83.4 Å². The molecule has 82 heavy (non-hydrogen) atoms. The monoisotopic (exact) mass is 1200 g/mol. The Morgan fingerprint density at radius 2 is 0.768 bits per heavy atom. The maximum atomic E-state index is 10.8. The second kappa shape index (κ2) is 89.4. The molecule has 0 fully saturated rings. The molecule has 0 saturated carbocycles. The summed E-state index contributed by atoms with van der Waals surface area (Å²) in [5.74, 6) is -2.01. The average molecular weight is 1200 g/mol. The van der Waals surface area contributed by atoms with Gasteiger partial charge in [-0.3, -0.25) is 30.9 Å². The molecule has 7 N–H and O–H groups in total. The summed E-state index contributed by atoms with van der Waals surface area (Å²) in [5, 5.41) is 32.0.